The van der Waals surface area contributed by atoms with E-state index < -0.39 is 0 Å². The second-order valence-corrected chi connectivity index (χ2v) is 5.73. The quantitative estimate of drug-likeness (QED) is 0.721. The van der Waals surface area contributed by atoms with Gasteiger partial charge in [0.2, 0.25) is 0 Å². The lowest BCUT2D eigenvalue weighted by atomic mass is 10.1. The van der Waals surface area contributed by atoms with Crippen molar-refractivity contribution in [3.8, 4) is 11.5 Å². The highest BCUT2D eigenvalue weighted by Crippen LogP contribution is 2.26. The summed E-state index contributed by atoms with van der Waals surface area (Å²) in [5, 5.41) is 3.38. The van der Waals surface area contributed by atoms with Crippen LogP contribution in [0.1, 0.15) is 15.9 Å². The standard InChI is InChI=1S/C19H15ClN2O2/c1-13-8-16(22-19(23)14-4-2-5-15(20)10-14)11-18(9-13)24-17-6-3-7-21-12-17/h2-12H,1H3,(H,22,23). The lowest BCUT2D eigenvalue weighted by Gasteiger charge is -2.10. The van der Waals surface area contributed by atoms with Crippen LogP contribution in [0.5, 0.6) is 11.5 Å². The van der Waals surface area contributed by atoms with Crippen molar-refractivity contribution in [3.05, 3.63) is 83.1 Å². The van der Waals surface area contributed by atoms with Gasteiger partial charge in [-0.3, -0.25) is 9.78 Å². The van der Waals surface area contributed by atoms with Crippen LogP contribution in [0, 0.1) is 6.92 Å². The summed E-state index contributed by atoms with van der Waals surface area (Å²) in [4.78, 5) is 16.3. The van der Waals surface area contributed by atoms with Gasteiger partial charge >= 0.3 is 0 Å². The number of nitrogens with one attached hydrogen (secondary N) is 1. The predicted octanol–water partition coefficient (Wildman–Crippen LogP) is 5.09. The second-order valence-electron chi connectivity index (χ2n) is 5.29. The first-order valence-corrected chi connectivity index (χ1v) is 7.74. The summed E-state index contributed by atoms with van der Waals surface area (Å²) in [6, 6.07) is 16.0. The van der Waals surface area contributed by atoms with E-state index in [1.807, 2.05) is 25.1 Å². The summed E-state index contributed by atoms with van der Waals surface area (Å²) in [5.41, 5.74) is 2.12. The average molecular weight is 339 g/mol. The van der Waals surface area contributed by atoms with E-state index in [4.69, 9.17) is 16.3 Å². The lowest BCUT2D eigenvalue weighted by molar-refractivity contribution is 0.102. The number of carbonyl (C=O) groups is 1. The molecule has 1 N–H and O–H groups in total. The fourth-order valence-electron chi connectivity index (χ4n) is 2.26. The summed E-state index contributed by atoms with van der Waals surface area (Å²) < 4.78 is 5.77. The molecule has 0 aliphatic rings. The number of nitrogens with zero attached hydrogens (tertiary/aromatic N) is 1. The number of pyridine rings is 1. The van der Waals surface area contributed by atoms with Gasteiger partial charge in [-0.2, -0.15) is 0 Å². The van der Waals surface area contributed by atoms with E-state index in [-0.39, 0.29) is 5.91 Å². The van der Waals surface area contributed by atoms with Crippen LogP contribution in [-0.4, -0.2) is 10.9 Å². The first-order valence-electron chi connectivity index (χ1n) is 7.37. The molecular formula is C19H15ClN2O2. The van der Waals surface area contributed by atoms with Crippen LogP contribution < -0.4 is 10.1 Å². The molecule has 0 fully saturated rings. The number of aryl methyl sites for hydroxylation is 1. The third-order valence-corrected chi connectivity index (χ3v) is 3.50. The Morgan fingerprint density at radius 2 is 1.96 bits per heavy atom. The summed E-state index contributed by atoms with van der Waals surface area (Å²) in [7, 11) is 0. The van der Waals surface area contributed by atoms with E-state index >= 15 is 0 Å². The summed E-state index contributed by atoms with van der Waals surface area (Å²) in [6.07, 6.45) is 3.31. The Hall–Kier alpha value is -2.85. The van der Waals surface area contributed by atoms with Gasteiger partial charge in [-0.25, -0.2) is 0 Å². The van der Waals surface area contributed by atoms with Gasteiger partial charge < -0.3 is 10.1 Å². The number of benzene rings is 2. The van der Waals surface area contributed by atoms with Gasteiger partial charge in [0.05, 0.1) is 6.20 Å². The first kappa shape index (κ1) is 16.0. The Labute approximate surface area is 145 Å². The Morgan fingerprint density at radius 3 is 2.71 bits per heavy atom. The summed E-state index contributed by atoms with van der Waals surface area (Å²) in [5.74, 6) is 1.04. The second kappa shape index (κ2) is 7.15. The maximum absolute atomic E-state index is 12.3. The van der Waals surface area contributed by atoms with Gasteiger partial charge in [0.1, 0.15) is 11.5 Å². The molecule has 0 aliphatic heterocycles. The molecule has 0 unspecified atom stereocenters. The Morgan fingerprint density at radius 1 is 1.08 bits per heavy atom. The molecular weight excluding hydrogens is 324 g/mol. The molecule has 0 bridgehead atoms. The average Bonchev–Trinajstić information content (AvgIpc) is 2.55. The zero-order chi connectivity index (χ0) is 16.9. The molecule has 0 saturated heterocycles. The SMILES string of the molecule is Cc1cc(NC(=O)c2cccc(Cl)c2)cc(Oc2cccnc2)c1. The van der Waals surface area contributed by atoms with Crippen molar-refractivity contribution in [2.24, 2.45) is 0 Å². The van der Waals surface area contributed by atoms with E-state index in [1.54, 1.807) is 48.8 Å². The fourth-order valence-corrected chi connectivity index (χ4v) is 2.45. The van der Waals surface area contributed by atoms with Crippen LogP contribution in [0.4, 0.5) is 5.69 Å². The molecule has 0 saturated carbocycles. The van der Waals surface area contributed by atoms with Gasteiger partial charge in [-0.05, 0) is 55.0 Å². The van der Waals surface area contributed by atoms with E-state index in [0.717, 1.165) is 5.56 Å². The number of amides is 1. The van der Waals surface area contributed by atoms with Crippen molar-refractivity contribution in [1.82, 2.24) is 4.98 Å². The highest BCUT2D eigenvalue weighted by molar-refractivity contribution is 6.31. The molecule has 4 nitrogen and oxygen atoms in total. The number of hydrogen-bond acceptors (Lipinski definition) is 3. The molecule has 5 heteroatoms. The van der Waals surface area contributed by atoms with Crippen molar-refractivity contribution in [2.75, 3.05) is 5.32 Å². The molecule has 1 aromatic heterocycles. The molecule has 120 valence electrons. The van der Waals surface area contributed by atoms with E-state index in [0.29, 0.717) is 27.8 Å². The van der Waals surface area contributed by atoms with Crippen molar-refractivity contribution >= 4 is 23.2 Å². The third-order valence-electron chi connectivity index (χ3n) is 3.27. The molecule has 2 aromatic carbocycles. The molecule has 0 spiro atoms. The highest BCUT2D eigenvalue weighted by atomic mass is 35.5. The smallest absolute Gasteiger partial charge is 0.255 e. The maximum Gasteiger partial charge on any atom is 0.255 e. The molecule has 1 amide bonds. The third kappa shape index (κ3) is 4.12. The van der Waals surface area contributed by atoms with Crippen LogP contribution in [0.3, 0.4) is 0 Å². The minimum Gasteiger partial charge on any atom is -0.456 e. The molecule has 3 aromatic rings. The minimum atomic E-state index is -0.226. The van der Waals surface area contributed by atoms with Crippen LogP contribution in [0.2, 0.25) is 5.02 Å². The summed E-state index contributed by atoms with van der Waals surface area (Å²) >= 11 is 5.93. The number of ether oxygens (including phenoxy) is 1. The van der Waals surface area contributed by atoms with Gasteiger partial charge in [0.25, 0.3) is 5.91 Å². The van der Waals surface area contributed by atoms with Crippen LogP contribution in [0.15, 0.2) is 67.0 Å². The molecule has 1 heterocycles. The molecule has 0 radical (unpaired) electrons. The molecule has 0 atom stereocenters. The number of rotatable bonds is 4. The van der Waals surface area contributed by atoms with Crippen LogP contribution in [0.25, 0.3) is 0 Å². The van der Waals surface area contributed by atoms with E-state index in [2.05, 4.69) is 10.3 Å². The monoisotopic (exact) mass is 338 g/mol. The highest BCUT2D eigenvalue weighted by Gasteiger charge is 2.08. The number of carbonyl (C=O) groups excluding carboxylic acids is 1. The number of halogens is 1. The Balaban J connectivity index is 1.80. The number of anilines is 1. The zero-order valence-corrected chi connectivity index (χ0v) is 13.7. The largest absolute Gasteiger partial charge is 0.456 e. The van der Waals surface area contributed by atoms with Gasteiger partial charge in [0, 0.05) is 28.5 Å². The van der Waals surface area contributed by atoms with E-state index in [9.17, 15) is 4.79 Å². The van der Waals surface area contributed by atoms with Crippen molar-refractivity contribution in [1.29, 1.82) is 0 Å². The fraction of sp³-hybridized carbons (Fsp3) is 0.0526. The van der Waals surface area contributed by atoms with Crippen molar-refractivity contribution in [2.45, 2.75) is 6.92 Å². The summed E-state index contributed by atoms with van der Waals surface area (Å²) in [6.45, 7) is 1.94. The topological polar surface area (TPSA) is 51.2 Å². The number of aromatic nitrogens is 1. The predicted molar refractivity (Wildman–Crippen MR) is 94.9 cm³/mol. The Kier molecular flexibility index (Phi) is 4.77. The van der Waals surface area contributed by atoms with E-state index in [1.165, 1.54) is 0 Å². The van der Waals surface area contributed by atoms with Crippen molar-refractivity contribution in [3.63, 3.8) is 0 Å². The zero-order valence-electron chi connectivity index (χ0n) is 13.0. The molecule has 0 aliphatic carbocycles. The van der Waals surface area contributed by atoms with Crippen molar-refractivity contribution < 1.29 is 9.53 Å². The Bertz CT molecular complexity index is 866. The van der Waals surface area contributed by atoms with Gasteiger partial charge in [0.15, 0.2) is 0 Å². The normalized spacial score (nSPS) is 10.2. The van der Waals surface area contributed by atoms with Gasteiger partial charge in [-0.15, -0.1) is 0 Å². The number of hydrogen-bond donors (Lipinski definition) is 1. The van der Waals surface area contributed by atoms with Crippen LogP contribution in [-0.2, 0) is 0 Å². The maximum atomic E-state index is 12.3. The minimum absolute atomic E-state index is 0.226. The van der Waals surface area contributed by atoms with Crippen LogP contribution >= 0.6 is 11.6 Å². The first-order chi connectivity index (χ1) is 11.6. The lowest BCUT2D eigenvalue weighted by Crippen LogP contribution is -2.11. The van der Waals surface area contributed by atoms with Gasteiger partial charge in [-0.1, -0.05) is 17.7 Å². The molecule has 24 heavy (non-hydrogen) atoms. The molecule has 3 rings (SSSR count).